The first-order valence-electron chi connectivity index (χ1n) is 5.54. The average Bonchev–Trinajstić information content (AvgIpc) is 2.81. The first kappa shape index (κ1) is 12.6. The highest BCUT2D eigenvalue weighted by molar-refractivity contribution is 7.12. The molecule has 0 atom stereocenters. The Morgan fingerprint density at radius 2 is 2.28 bits per heavy atom. The van der Waals surface area contributed by atoms with Crippen LogP contribution in [0.25, 0.3) is 11.3 Å². The van der Waals surface area contributed by atoms with E-state index in [4.69, 9.17) is 9.84 Å². The van der Waals surface area contributed by atoms with Gasteiger partial charge in [-0.1, -0.05) is 0 Å². The van der Waals surface area contributed by atoms with E-state index in [1.165, 1.54) is 0 Å². The van der Waals surface area contributed by atoms with Crippen molar-refractivity contribution in [3.8, 4) is 17.0 Å². The molecule has 4 nitrogen and oxygen atoms in total. The van der Waals surface area contributed by atoms with Crippen molar-refractivity contribution in [3.05, 3.63) is 34.2 Å². The first-order valence-corrected chi connectivity index (χ1v) is 6.42. The van der Waals surface area contributed by atoms with E-state index >= 15 is 0 Å². The first-order chi connectivity index (χ1) is 8.63. The Bertz CT molecular complexity index is 577. The number of carbonyl (C=O) groups is 1. The van der Waals surface area contributed by atoms with Crippen LogP contribution in [0.15, 0.2) is 23.7 Å². The smallest absolute Gasteiger partial charge is 0.348 e. The number of carboxylic acid groups (broad SMARTS) is 1. The van der Waals surface area contributed by atoms with Gasteiger partial charge in [-0.15, -0.1) is 11.3 Å². The predicted octanol–water partition coefficient (Wildman–Crippen LogP) is 3.22. The van der Waals surface area contributed by atoms with Crippen LogP contribution in [0.2, 0.25) is 0 Å². The molecule has 0 amide bonds. The van der Waals surface area contributed by atoms with Gasteiger partial charge in [0.25, 0.3) is 0 Å². The molecule has 0 bridgehead atoms. The Balaban J connectivity index is 2.42. The Labute approximate surface area is 109 Å². The minimum absolute atomic E-state index is 0.263. The maximum Gasteiger partial charge on any atom is 0.348 e. The van der Waals surface area contributed by atoms with Gasteiger partial charge in [0.15, 0.2) is 0 Å². The Kier molecular flexibility index (Phi) is 3.62. The summed E-state index contributed by atoms with van der Waals surface area (Å²) in [7, 11) is 0. The molecular weight excluding hydrogens is 250 g/mol. The molecule has 1 N–H and O–H groups in total. The topological polar surface area (TPSA) is 59.4 Å². The highest BCUT2D eigenvalue weighted by atomic mass is 32.1. The fourth-order valence-electron chi connectivity index (χ4n) is 1.72. The van der Waals surface area contributed by atoms with Gasteiger partial charge >= 0.3 is 5.97 Å². The molecule has 5 heteroatoms. The molecule has 0 saturated heterocycles. The number of aromatic nitrogens is 1. The molecule has 0 aliphatic rings. The average molecular weight is 263 g/mol. The van der Waals surface area contributed by atoms with E-state index in [0.29, 0.717) is 12.3 Å². The van der Waals surface area contributed by atoms with Gasteiger partial charge in [0.05, 0.1) is 17.8 Å². The van der Waals surface area contributed by atoms with Crippen molar-refractivity contribution >= 4 is 17.3 Å². The van der Waals surface area contributed by atoms with Crippen LogP contribution in [-0.2, 0) is 0 Å². The number of hydrogen-bond acceptors (Lipinski definition) is 4. The summed E-state index contributed by atoms with van der Waals surface area (Å²) < 4.78 is 5.45. The molecule has 1 aromatic carbocycles. The number of rotatable bonds is 4. The second-order valence-corrected chi connectivity index (χ2v) is 4.60. The lowest BCUT2D eigenvalue weighted by molar-refractivity contribution is 0.0702. The van der Waals surface area contributed by atoms with Crippen molar-refractivity contribution < 1.29 is 14.6 Å². The van der Waals surface area contributed by atoms with E-state index in [1.807, 2.05) is 32.0 Å². The number of aryl methyl sites for hydroxylation is 1. The van der Waals surface area contributed by atoms with E-state index in [0.717, 1.165) is 28.2 Å². The van der Waals surface area contributed by atoms with Crippen LogP contribution in [0, 0.1) is 6.92 Å². The molecule has 0 aliphatic carbocycles. The number of ether oxygens (including phenoxy) is 1. The molecule has 1 aromatic heterocycles. The molecule has 0 aliphatic heterocycles. The number of aromatic carboxylic acids is 1. The zero-order chi connectivity index (χ0) is 13.1. The molecule has 2 aromatic rings. The van der Waals surface area contributed by atoms with E-state index in [-0.39, 0.29) is 4.88 Å². The van der Waals surface area contributed by atoms with E-state index in [1.54, 1.807) is 5.51 Å². The van der Waals surface area contributed by atoms with Gasteiger partial charge in [-0.2, -0.15) is 0 Å². The monoisotopic (exact) mass is 263 g/mol. The summed E-state index contributed by atoms with van der Waals surface area (Å²) in [6.07, 6.45) is 0. The van der Waals surface area contributed by atoms with Crippen LogP contribution in [0.3, 0.4) is 0 Å². The number of hydrogen-bond donors (Lipinski definition) is 1. The third-order valence-electron chi connectivity index (χ3n) is 2.51. The SMILES string of the molecule is CCOc1ccc(-c2ncsc2C(=O)O)cc1C. The lowest BCUT2D eigenvalue weighted by atomic mass is 10.1. The minimum atomic E-state index is -0.945. The Morgan fingerprint density at radius 1 is 1.50 bits per heavy atom. The second-order valence-electron chi connectivity index (χ2n) is 3.75. The van der Waals surface area contributed by atoms with Gasteiger partial charge in [0.2, 0.25) is 0 Å². The molecule has 2 rings (SSSR count). The lowest BCUT2D eigenvalue weighted by Gasteiger charge is -2.08. The lowest BCUT2D eigenvalue weighted by Crippen LogP contribution is -1.97. The second kappa shape index (κ2) is 5.18. The maximum absolute atomic E-state index is 11.1. The van der Waals surface area contributed by atoms with Crippen molar-refractivity contribution in [3.63, 3.8) is 0 Å². The summed E-state index contributed by atoms with van der Waals surface area (Å²) in [5.41, 5.74) is 3.83. The van der Waals surface area contributed by atoms with Crippen LogP contribution in [0.4, 0.5) is 0 Å². The van der Waals surface area contributed by atoms with Crippen LogP contribution < -0.4 is 4.74 Å². The Hall–Kier alpha value is -1.88. The van der Waals surface area contributed by atoms with Crippen molar-refractivity contribution in [2.45, 2.75) is 13.8 Å². The summed E-state index contributed by atoms with van der Waals surface area (Å²) in [6, 6.07) is 5.57. The van der Waals surface area contributed by atoms with E-state index < -0.39 is 5.97 Å². The molecular formula is C13H13NO3S. The third-order valence-corrected chi connectivity index (χ3v) is 3.32. The normalized spacial score (nSPS) is 10.3. The third kappa shape index (κ3) is 2.36. The number of thiazole rings is 1. The van der Waals surface area contributed by atoms with Crippen LogP contribution >= 0.6 is 11.3 Å². The van der Waals surface area contributed by atoms with Gasteiger partial charge in [-0.25, -0.2) is 9.78 Å². The largest absolute Gasteiger partial charge is 0.494 e. The molecule has 94 valence electrons. The van der Waals surface area contributed by atoms with Gasteiger partial charge < -0.3 is 9.84 Å². The maximum atomic E-state index is 11.1. The molecule has 0 fully saturated rings. The van der Waals surface area contributed by atoms with Crippen molar-refractivity contribution in [2.24, 2.45) is 0 Å². The van der Waals surface area contributed by atoms with E-state index in [9.17, 15) is 4.79 Å². The Morgan fingerprint density at radius 3 is 2.89 bits per heavy atom. The number of benzene rings is 1. The van der Waals surface area contributed by atoms with Crippen LogP contribution in [-0.4, -0.2) is 22.7 Å². The molecule has 0 saturated carbocycles. The molecule has 0 spiro atoms. The molecule has 1 heterocycles. The summed E-state index contributed by atoms with van der Waals surface area (Å²) in [5.74, 6) is -0.132. The fraction of sp³-hybridized carbons (Fsp3) is 0.231. The fourth-order valence-corrected chi connectivity index (χ4v) is 2.36. The zero-order valence-corrected chi connectivity index (χ0v) is 11.0. The number of carboxylic acids is 1. The van der Waals surface area contributed by atoms with Gasteiger partial charge in [-0.05, 0) is 37.6 Å². The standard InChI is InChI=1S/C13H13NO3S/c1-3-17-10-5-4-9(6-8(10)2)11-12(13(15)16)18-7-14-11/h4-7H,3H2,1-2H3,(H,15,16). The van der Waals surface area contributed by atoms with Gasteiger partial charge in [0.1, 0.15) is 10.6 Å². The van der Waals surface area contributed by atoms with Gasteiger partial charge in [-0.3, -0.25) is 0 Å². The predicted molar refractivity (Wildman–Crippen MR) is 70.4 cm³/mol. The quantitative estimate of drug-likeness (QED) is 0.920. The van der Waals surface area contributed by atoms with Crippen molar-refractivity contribution in [2.75, 3.05) is 6.61 Å². The summed E-state index contributed by atoms with van der Waals surface area (Å²) in [6.45, 7) is 4.47. The van der Waals surface area contributed by atoms with Crippen molar-refractivity contribution in [1.29, 1.82) is 0 Å². The van der Waals surface area contributed by atoms with Crippen LogP contribution in [0.1, 0.15) is 22.2 Å². The minimum Gasteiger partial charge on any atom is -0.494 e. The van der Waals surface area contributed by atoms with E-state index in [2.05, 4.69) is 4.98 Å². The van der Waals surface area contributed by atoms with Crippen LogP contribution in [0.5, 0.6) is 5.75 Å². The highest BCUT2D eigenvalue weighted by Gasteiger charge is 2.15. The highest BCUT2D eigenvalue weighted by Crippen LogP contribution is 2.29. The summed E-state index contributed by atoms with van der Waals surface area (Å²) in [4.78, 5) is 15.4. The zero-order valence-electron chi connectivity index (χ0n) is 10.1. The van der Waals surface area contributed by atoms with Gasteiger partial charge in [0, 0.05) is 5.56 Å². The summed E-state index contributed by atoms with van der Waals surface area (Å²) >= 11 is 1.13. The number of nitrogens with zero attached hydrogens (tertiary/aromatic N) is 1. The summed E-state index contributed by atoms with van der Waals surface area (Å²) in [5, 5.41) is 9.07. The molecule has 18 heavy (non-hydrogen) atoms. The molecule has 0 unspecified atom stereocenters. The molecule has 0 radical (unpaired) electrons. The van der Waals surface area contributed by atoms with Crippen molar-refractivity contribution in [1.82, 2.24) is 4.98 Å².